The van der Waals surface area contributed by atoms with E-state index >= 15 is 0 Å². The van der Waals surface area contributed by atoms with Gasteiger partial charge in [-0.2, -0.15) is 0 Å². The van der Waals surface area contributed by atoms with Crippen molar-refractivity contribution < 1.29 is 0 Å². The molecule has 1 saturated heterocycles. The topological polar surface area (TPSA) is 32.6 Å². The van der Waals surface area contributed by atoms with Gasteiger partial charge in [0.2, 0.25) is 0 Å². The summed E-state index contributed by atoms with van der Waals surface area (Å²) >= 11 is 0. The van der Waals surface area contributed by atoms with Crippen molar-refractivity contribution in [2.24, 2.45) is 5.92 Å². The van der Waals surface area contributed by atoms with Crippen molar-refractivity contribution in [1.82, 2.24) is 19.6 Å². The Morgan fingerprint density at radius 3 is 2.95 bits per heavy atom. The second kappa shape index (κ2) is 5.72. The normalized spacial score (nSPS) is 18.2. The van der Waals surface area contributed by atoms with Crippen molar-refractivity contribution in [2.45, 2.75) is 19.4 Å². The maximum Gasteiger partial charge on any atom is 0.137 e. The molecule has 0 atom stereocenters. The summed E-state index contributed by atoms with van der Waals surface area (Å²) in [7, 11) is 2.21. The molecule has 19 heavy (non-hydrogen) atoms. The second-order valence-electron chi connectivity index (χ2n) is 5.58. The summed E-state index contributed by atoms with van der Waals surface area (Å²) < 4.78 is 2.08. The van der Waals surface area contributed by atoms with Gasteiger partial charge in [0.05, 0.1) is 5.69 Å². The third-order valence-electron chi connectivity index (χ3n) is 3.99. The highest BCUT2D eigenvalue weighted by Gasteiger charge is 2.15. The van der Waals surface area contributed by atoms with Crippen LogP contribution in [0.25, 0.3) is 5.65 Å². The molecule has 3 rings (SSSR count). The number of hydrogen-bond donors (Lipinski definition) is 1. The molecule has 0 aliphatic carbocycles. The van der Waals surface area contributed by atoms with E-state index in [1.54, 1.807) is 0 Å². The number of fused-ring (bicyclic) bond motifs is 1. The Bertz CT molecular complexity index is 493. The predicted molar refractivity (Wildman–Crippen MR) is 77.1 cm³/mol. The lowest BCUT2D eigenvalue weighted by molar-refractivity contribution is 0.216. The molecule has 1 aliphatic rings. The van der Waals surface area contributed by atoms with E-state index in [4.69, 9.17) is 0 Å². The first-order valence-electron chi connectivity index (χ1n) is 7.13. The van der Waals surface area contributed by atoms with Crippen molar-refractivity contribution in [3.05, 3.63) is 36.3 Å². The zero-order valence-electron chi connectivity index (χ0n) is 11.5. The van der Waals surface area contributed by atoms with Crippen LogP contribution >= 0.6 is 0 Å². The molecule has 0 unspecified atom stereocenters. The summed E-state index contributed by atoms with van der Waals surface area (Å²) in [6.07, 6.45) is 6.78. The van der Waals surface area contributed by atoms with Crippen molar-refractivity contribution in [2.75, 3.05) is 26.7 Å². The SMILES string of the molecule is CN1CCC(CNCc2cn3ccccc3n2)CC1. The summed E-state index contributed by atoms with van der Waals surface area (Å²) in [5, 5.41) is 3.55. The second-order valence-corrected chi connectivity index (χ2v) is 5.58. The molecule has 0 amide bonds. The molecule has 1 aliphatic heterocycles. The fourth-order valence-electron chi connectivity index (χ4n) is 2.74. The highest BCUT2D eigenvalue weighted by atomic mass is 15.1. The van der Waals surface area contributed by atoms with Gasteiger partial charge in [-0.25, -0.2) is 4.98 Å². The molecule has 0 spiro atoms. The van der Waals surface area contributed by atoms with Gasteiger partial charge in [-0.3, -0.25) is 0 Å². The average molecular weight is 258 g/mol. The van der Waals surface area contributed by atoms with Gasteiger partial charge in [0, 0.05) is 18.9 Å². The third kappa shape index (κ3) is 3.14. The predicted octanol–water partition coefficient (Wildman–Crippen LogP) is 1.77. The van der Waals surface area contributed by atoms with Gasteiger partial charge < -0.3 is 14.6 Å². The first kappa shape index (κ1) is 12.6. The summed E-state index contributed by atoms with van der Waals surface area (Å²) in [5.74, 6) is 0.827. The van der Waals surface area contributed by atoms with E-state index in [0.29, 0.717) is 0 Å². The van der Waals surface area contributed by atoms with Crippen LogP contribution in [0.4, 0.5) is 0 Å². The van der Waals surface area contributed by atoms with Crippen molar-refractivity contribution in [3.63, 3.8) is 0 Å². The Morgan fingerprint density at radius 1 is 1.32 bits per heavy atom. The molecule has 0 aromatic carbocycles. The quantitative estimate of drug-likeness (QED) is 0.907. The number of likely N-dealkylation sites (tertiary alicyclic amines) is 1. The fourth-order valence-corrected chi connectivity index (χ4v) is 2.74. The van der Waals surface area contributed by atoms with E-state index in [-0.39, 0.29) is 0 Å². The summed E-state index contributed by atoms with van der Waals surface area (Å²) in [6, 6.07) is 6.10. The number of hydrogen-bond acceptors (Lipinski definition) is 3. The maximum absolute atomic E-state index is 4.60. The van der Waals surface area contributed by atoms with Gasteiger partial charge in [-0.05, 0) is 57.6 Å². The van der Waals surface area contributed by atoms with Crippen molar-refractivity contribution in [1.29, 1.82) is 0 Å². The minimum atomic E-state index is 0.827. The molecule has 0 saturated carbocycles. The lowest BCUT2D eigenvalue weighted by Gasteiger charge is -2.28. The molecule has 0 radical (unpaired) electrons. The Morgan fingerprint density at radius 2 is 2.16 bits per heavy atom. The molecule has 2 aromatic heterocycles. The number of pyridine rings is 1. The number of nitrogens with zero attached hydrogens (tertiary/aromatic N) is 3. The highest BCUT2D eigenvalue weighted by Crippen LogP contribution is 2.14. The first-order chi connectivity index (χ1) is 9.31. The molecule has 1 N–H and O–H groups in total. The van der Waals surface area contributed by atoms with Gasteiger partial charge in [-0.15, -0.1) is 0 Å². The minimum absolute atomic E-state index is 0.827. The number of aromatic nitrogens is 2. The fraction of sp³-hybridized carbons (Fsp3) is 0.533. The molecular formula is C15H22N4. The van der Waals surface area contributed by atoms with Gasteiger partial charge in [0.1, 0.15) is 5.65 Å². The first-order valence-corrected chi connectivity index (χ1v) is 7.13. The molecular weight excluding hydrogens is 236 g/mol. The van der Waals surface area contributed by atoms with Crippen LogP contribution in [0.5, 0.6) is 0 Å². The third-order valence-corrected chi connectivity index (χ3v) is 3.99. The van der Waals surface area contributed by atoms with E-state index in [1.807, 2.05) is 24.4 Å². The Labute approximate surface area is 114 Å². The van der Waals surface area contributed by atoms with E-state index in [2.05, 4.69) is 32.8 Å². The van der Waals surface area contributed by atoms with Crippen LogP contribution < -0.4 is 5.32 Å². The molecule has 3 heterocycles. The van der Waals surface area contributed by atoms with E-state index in [0.717, 1.165) is 30.3 Å². The Balaban J connectivity index is 1.49. The highest BCUT2D eigenvalue weighted by molar-refractivity contribution is 5.39. The molecule has 4 heteroatoms. The van der Waals surface area contributed by atoms with Crippen LogP contribution in [0.3, 0.4) is 0 Å². The molecule has 1 fully saturated rings. The van der Waals surface area contributed by atoms with Crippen molar-refractivity contribution in [3.8, 4) is 0 Å². The average Bonchev–Trinajstić information content (AvgIpc) is 2.83. The number of imidazole rings is 1. The van der Waals surface area contributed by atoms with E-state index in [9.17, 15) is 0 Å². The van der Waals surface area contributed by atoms with Crippen LogP contribution in [-0.2, 0) is 6.54 Å². The summed E-state index contributed by atoms with van der Waals surface area (Å²) in [4.78, 5) is 7.01. The van der Waals surface area contributed by atoms with Gasteiger partial charge >= 0.3 is 0 Å². The van der Waals surface area contributed by atoms with Gasteiger partial charge in [0.15, 0.2) is 0 Å². The van der Waals surface area contributed by atoms with Crippen LogP contribution in [0, 0.1) is 5.92 Å². The van der Waals surface area contributed by atoms with Crippen LogP contribution in [0.15, 0.2) is 30.6 Å². The zero-order valence-corrected chi connectivity index (χ0v) is 11.5. The maximum atomic E-state index is 4.60. The Kier molecular flexibility index (Phi) is 3.80. The molecule has 2 aromatic rings. The van der Waals surface area contributed by atoms with Crippen LogP contribution in [0.1, 0.15) is 18.5 Å². The van der Waals surface area contributed by atoms with Crippen molar-refractivity contribution >= 4 is 5.65 Å². The molecule has 4 nitrogen and oxygen atoms in total. The standard InChI is InChI=1S/C15H22N4/c1-18-8-5-13(6-9-18)10-16-11-14-12-19-7-3-2-4-15(19)17-14/h2-4,7,12-13,16H,5-6,8-11H2,1H3. The largest absolute Gasteiger partial charge is 0.311 e. The Hall–Kier alpha value is -1.39. The minimum Gasteiger partial charge on any atom is -0.311 e. The van der Waals surface area contributed by atoms with E-state index in [1.165, 1.54) is 25.9 Å². The summed E-state index contributed by atoms with van der Waals surface area (Å²) in [6.45, 7) is 4.46. The summed E-state index contributed by atoms with van der Waals surface area (Å²) in [5.41, 5.74) is 2.15. The number of piperidine rings is 1. The van der Waals surface area contributed by atoms with E-state index < -0.39 is 0 Å². The van der Waals surface area contributed by atoms with Crippen LogP contribution in [0.2, 0.25) is 0 Å². The lowest BCUT2D eigenvalue weighted by atomic mass is 9.97. The molecule has 102 valence electrons. The smallest absolute Gasteiger partial charge is 0.137 e. The van der Waals surface area contributed by atoms with Crippen LogP contribution in [-0.4, -0.2) is 41.0 Å². The molecule has 0 bridgehead atoms. The monoisotopic (exact) mass is 258 g/mol. The van der Waals surface area contributed by atoms with Gasteiger partial charge in [0.25, 0.3) is 0 Å². The zero-order chi connectivity index (χ0) is 13.1. The van der Waals surface area contributed by atoms with Gasteiger partial charge in [-0.1, -0.05) is 6.07 Å². The number of nitrogens with one attached hydrogen (secondary N) is 1. The lowest BCUT2D eigenvalue weighted by Crippen LogP contribution is -2.34. The number of rotatable bonds is 4.